The zero-order chi connectivity index (χ0) is 23.5. The molecular formula is C23H18N4O6. The standard InChI is InChI=1S/C23H18N4O6/c28-11-12-1-3-13(4-2-12)20(29)27-23(33)25-15-5-7-16-17(21(30)26-19(16)10-15)9-14-6-8-18(24-14)22(31)32/h1-10,24,28H,11H2,(H,26,30)(H,31,32)(H2,25,27,29,33). The molecule has 10 nitrogen and oxygen atoms in total. The number of carbonyl (C=O) groups excluding carboxylic acids is 3. The number of amides is 4. The first kappa shape index (κ1) is 21.5. The molecule has 2 heterocycles. The van der Waals surface area contributed by atoms with Gasteiger partial charge in [-0.15, -0.1) is 0 Å². The van der Waals surface area contributed by atoms with Crippen LogP contribution in [0.2, 0.25) is 0 Å². The Labute approximate surface area is 186 Å². The Kier molecular flexibility index (Phi) is 5.75. The molecule has 4 rings (SSSR count). The normalized spacial score (nSPS) is 13.4. The molecule has 0 unspecified atom stereocenters. The van der Waals surface area contributed by atoms with Crippen molar-refractivity contribution < 1.29 is 29.4 Å². The van der Waals surface area contributed by atoms with E-state index >= 15 is 0 Å². The number of H-pyrrole nitrogens is 1. The van der Waals surface area contributed by atoms with Crippen molar-refractivity contribution in [2.75, 3.05) is 10.6 Å². The van der Waals surface area contributed by atoms with Crippen molar-refractivity contribution in [2.45, 2.75) is 6.61 Å². The van der Waals surface area contributed by atoms with Crippen molar-refractivity contribution in [3.05, 3.63) is 82.7 Å². The van der Waals surface area contributed by atoms with E-state index in [4.69, 9.17) is 10.2 Å². The summed E-state index contributed by atoms with van der Waals surface area (Å²) in [6, 6.07) is 13.1. The smallest absolute Gasteiger partial charge is 0.352 e. The van der Waals surface area contributed by atoms with Gasteiger partial charge in [-0.25, -0.2) is 9.59 Å². The van der Waals surface area contributed by atoms with E-state index in [1.807, 2.05) is 0 Å². The number of rotatable bonds is 5. The first-order valence-electron chi connectivity index (χ1n) is 9.76. The molecule has 1 aliphatic heterocycles. The summed E-state index contributed by atoms with van der Waals surface area (Å²) in [6.07, 6.45) is 1.54. The zero-order valence-corrected chi connectivity index (χ0v) is 17.0. The summed E-state index contributed by atoms with van der Waals surface area (Å²) < 4.78 is 0. The lowest BCUT2D eigenvalue weighted by Gasteiger charge is -2.08. The minimum absolute atomic E-state index is 0.00456. The highest BCUT2D eigenvalue weighted by molar-refractivity contribution is 6.35. The summed E-state index contributed by atoms with van der Waals surface area (Å²) in [5, 5.41) is 25.5. The second-order valence-corrected chi connectivity index (χ2v) is 7.17. The van der Waals surface area contributed by atoms with E-state index in [0.717, 1.165) is 0 Å². The maximum atomic E-state index is 12.4. The fraction of sp³-hybridized carbons (Fsp3) is 0.0435. The highest BCUT2D eigenvalue weighted by Gasteiger charge is 2.25. The molecule has 0 bridgehead atoms. The number of aromatic amines is 1. The predicted molar refractivity (Wildman–Crippen MR) is 120 cm³/mol. The average molecular weight is 446 g/mol. The number of nitrogens with one attached hydrogen (secondary N) is 4. The molecular weight excluding hydrogens is 428 g/mol. The molecule has 0 aliphatic carbocycles. The molecule has 0 atom stereocenters. The average Bonchev–Trinajstić information content (AvgIpc) is 3.38. The van der Waals surface area contributed by atoms with E-state index in [2.05, 4.69) is 20.9 Å². The second kappa shape index (κ2) is 8.81. The van der Waals surface area contributed by atoms with Gasteiger partial charge in [-0.05, 0) is 48.0 Å². The minimum atomic E-state index is -1.11. The number of aliphatic hydroxyl groups excluding tert-OH is 1. The number of aromatic nitrogens is 1. The summed E-state index contributed by atoms with van der Waals surface area (Å²) in [5.41, 5.74) is 3.09. The van der Waals surface area contributed by atoms with Gasteiger partial charge in [0.05, 0.1) is 17.9 Å². The Morgan fingerprint density at radius 3 is 2.42 bits per heavy atom. The van der Waals surface area contributed by atoms with Crippen molar-refractivity contribution in [3.8, 4) is 0 Å². The van der Waals surface area contributed by atoms with Gasteiger partial charge >= 0.3 is 12.0 Å². The van der Waals surface area contributed by atoms with E-state index in [-0.39, 0.29) is 23.8 Å². The van der Waals surface area contributed by atoms with Crippen molar-refractivity contribution in [1.29, 1.82) is 0 Å². The number of aromatic carboxylic acids is 1. The topological polar surface area (TPSA) is 161 Å². The number of fused-ring (bicyclic) bond motifs is 1. The summed E-state index contributed by atoms with van der Waals surface area (Å²) >= 11 is 0. The van der Waals surface area contributed by atoms with E-state index in [1.165, 1.54) is 24.3 Å². The van der Waals surface area contributed by atoms with Crippen molar-refractivity contribution in [3.63, 3.8) is 0 Å². The Balaban J connectivity index is 1.45. The quantitative estimate of drug-likeness (QED) is 0.330. The summed E-state index contributed by atoms with van der Waals surface area (Å²) in [6.45, 7) is -0.150. The largest absolute Gasteiger partial charge is 0.477 e. The Bertz CT molecular complexity index is 1310. The van der Waals surface area contributed by atoms with Gasteiger partial charge in [-0.3, -0.25) is 14.9 Å². The SMILES string of the molecule is O=C(NC(=O)c1ccc(CO)cc1)Nc1ccc2c(c1)NC(=O)C2=Cc1ccc(C(=O)O)[nH]1. The molecule has 1 aromatic heterocycles. The van der Waals surface area contributed by atoms with Crippen LogP contribution in [0.3, 0.4) is 0 Å². The van der Waals surface area contributed by atoms with E-state index in [9.17, 15) is 19.2 Å². The lowest BCUT2D eigenvalue weighted by molar-refractivity contribution is -0.110. The minimum Gasteiger partial charge on any atom is -0.477 e. The maximum Gasteiger partial charge on any atom is 0.352 e. The molecule has 2 aromatic carbocycles. The molecule has 3 aromatic rings. The van der Waals surface area contributed by atoms with Crippen molar-refractivity contribution in [2.24, 2.45) is 0 Å². The molecule has 6 N–H and O–H groups in total. The van der Waals surface area contributed by atoms with Crippen LogP contribution in [0.4, 0.5) is 16.2 Å². The van der Waals surface area contributed by atoms with Crippen LogP contribution in [0.15, 0.2) is 54.6 Å². The summed E-state index contributed by atoms with van der Waals surface area (Å²) in [7, 11) is 0. The number of hydrogen-bond acceptors (Lipinski definition) is 5. The lowest BCUT2D eigenvalue weighted by Crippen LogP contribution is -2.34. The first-order chi connectivity index (χ1) is 15.8. The Hall–Kier alpha value is -4.70. The second-order valence-electron chi connectivity index (χ2n) is 7.17. The molecule has 1 aliphatic rings. The number of anilines is 2. The summed E-state index contributed by atoms with van der Waals surface area (Å²) in [4.78, 5) is 50.5. The van der Waals surface area contributed by atoms with Gasteiger partial charge in [0.15, 0.2) is 0 Å². The van der Waals surface area contributed by atoms with Crippen LogP contribution in [0.5, 0.6) is 0 Å². The highest BCUT2D eigenvalue weighted by Crippen LogP contribution is 2.35. The van der Waals surface area contributed by atoms with E-state index in [1.54, 1.807) is 36.4 Å². The molecule has 0 radical (unpaired) electrons. The lowest BCUT2D eigenvalue weighted by atomic mass is 10.1. The molecule has 33 heavy (non-hydrogen) atoms. The monoisotopic (exact) mass is 446 g/mol. The molecule has 166 valence electrons. The van der Waals surface area contributed by atoms with Gasteiger partial charge < -0.3 is 25.8 Å². The van der Waals surface area contributed by atoms with Crippen LogP contribution < -0.4 is 16.0 Å². The molecule has 4 amide bonds. The number of benzene rings is 2. The molecule has 0 saturated heterocycles. The maximum absolute atomic E-state index is 12.4. The molecule has 0 spiro atoms. The highest BCUT2D eigenvalue weighted by atomic mass is 16.4. The number of carbonyl (C=O) groups is 4. The third-order valence-corrected chi connectivity index (χ3v) is 4.93. The van der Waals surface area contributed by atoms with Crippen LogP contribution >= 0.6 is 0 Å². The predicted octanol–water partition coefficient (Wildman–Crippen LogP) is 2.66. The van der Waals surface area contributed by atoms with Gasteiger partial charge in [0, 0.05) is 22.5 Å². The Morgan fingerprint density at radius 2 is 1.76 bits per heavy atom. The van der Waals surface area contributed by atoms with Crippen molar-refractivity contribution in [1.82, 2.24) is 10.3 Å². The fourth-order valence-electron chi connectivity index (χ4n) is 3.29. The third kappa shape index (κ3) is 4.65. The van der Waals surface area contributed by atoms with Gasteiger partial charge in [-0.2, -0.15) is 0 Å². The number of aliphatic hydroxyl groups is 1. The number of hydrogen-bond donors (Lipinski definition) is 6. The first-order valence-corrected chi connectivity index (χ1v) is 9.76. The van der Waals surface area contributed by atoms with Gasteiger partial charge in [-0.1, -0.05) is 18.2 Å². The van der Waals surface area contributed by atoms with Crippen LogP contribution in [0, 0.1) is 0 Å². The van der Waals surface area contributed by atoms with Crippen LogP contribution in [0.1, 0.15) is 37.7 Å². The van der Waals surface area contributed by atoms with Crippen LogP contribution in [-0.4, -0.2) is 39.0 Å². The zero-order valence-electron chi connectivity index (χ0n) is 17.0. The van der Waals surface area contributed by atoms with Gasteiger partial charge in [0.2, 0.25) is 0 Å². The number of imide groups is 1. The summed E-state index contributed by atoms with van der Waals surface area (Å²) in [5.74, 6) is -2.09. The fourth-order valence-corrected chi connectivity index (χ4v) is 3.29. The van der Waals surface area contributed by atoms with E-state index in [0.29, 0.717) is 33.8 Å². The van der Waals surface area contributed by atoms with Crippen LogP contribution in [-0.2, 0) is 11.4 Å². The van der Waals surface area contributed by atoms with Crippen molar-refractivity contribution >= 4 is 46.8 Å². The number of carboxylic acid groups (broad SMARTS) is 1. The number of urea groups is 1. The Morgan fingerprint density at radius 1 is 1.00 bits per heavy atom. The third-order valence-electron chi connectivity index (χ3n) is 4.93. The van der Waals surface area contributed by atoms with Crippen LogP contribution in [0.25, 0.3) is 11.6 Å². The molecule has 10 heteroatoms. The van der Waals surface area contributed by atoms with Gasteiger partial charge in [0.1, 0.15) is 5.69 Å². The van der Waals surface area contributed by atoms with E-state index < -0.39 is 17.9 Å². The molecule has 0 saturated carbocycles. The molecule has 0 fully saturated rings. The number of carboxylic acids is 1. The van der Waals surface area contributed by atoms with Gasteiger partial charge in [0.25, 0.3) is 11.8 Å².